The molecule has 0 spiro atoms. The van der Waals surface area contributed by atoms with E-state index in [-0.39, 0.29) is 22.4 Å². The van der Waals surface area contributed by atoms with Crippen molar-refractivity contribution in [3.05, 3.63) is 29.3 Å². The lowest BCUT2D eigenvalue weighted by atomic mass is 10.1. The summed E-state index contributed by atoms with van der Waals surface area (Å²) in [5.74, 6) is 0.213. The van der Waals surface area contributed by atoms with E-state index in [0.29, 0.717) is 6.61 Å². The Morgan fingerprint density at radius 1 is 1.42 bits per heavy atom. The number of rotatable bonds is 5. The Balaban J connectivity index is 3.09. The smallest absolute Gasteiger partial charge is 0.416 e. The number of ether oxygens (including phenoxy) is 2. The van der Waals surface area contributed by atoms with Crippen molar-refractivity contribution < 1.29 is 22.6 Å². The van der Waals surface area contributed by atoms with Crippen LogP contribution in [0.25, 0.3) is 0 Å². The maximum absolute atomic E-state index is 12.6. The molecule has 1 atom stereocenters. The molecule has 1 rings (SSSR count). The SMILES string of the molecule is COCC(C)Oc1ccc(C(F)(F)F)cc1C(N)=S. The summed E-state index contributed by atoms with van der Waals surface area (Å²) in [6.45, 7) is 2.03. The highest BCUT2D eigenvalue weighted by Gasteiger charge is 2.31. The fourth-order valence-corrected chi connectivity index (χ4v) is 1.65. The third kappa shape index (κ3) is 4.36. The quantitative estimate of drug-likeness (QED) is 0.848. The molecule has 0 saturated carbocycles. The summed E-state index contributed by atoms with van der Waals surface area (Å²) in [7, 11) is 1.50. The Morgan fingerprint density at radius 2 is 2.05 bits per heavy atom. The molecule has 0 aliphatic carbocycles. The Bertz CT molecular complexity index is 463. The minimum Gasteiger partial charge on any atom is -0.488 e. The Hall–Kier alpha value is -1.34. The number of hydrogen-bond donors (Lipinski definition) is 1. The predicted octanol–water partition coefficient (Wildman–Crippen LogP) is 2.75. The number of methoxy groups -OCH3 is 1. The van der Waals surface area contributed by atoms with E-state index in [4.69, 9.17) is 27.4 Å². The van der Waals surface area contributed by atoms with Gasteiger partial charge in [-0.1, -0.05) is 12.2 Å². The van der Waals surface area contributed by atoms with Crippen molar-refractivity contribution in [2.24, 2.45) is 5.73 Å². The molecule has 106 valence electrons. The summed E-state index contributed by atoms with van der Waals surface area (Å²) < 4.78 is 48.1. The largest absolute Gasteiger partial charge is 0.488 e. The van der Waals surface area contributed by atoms with Crippen LogP contribution in [0.5, 0.6) is 5.75 Å². The first-order valence-electron chi connectivity index (χ1n) is 5.42. The van der Waals surface area contributed by atoms with Gasteiger partial charge in [0.2, 0.25) is 0 Å². The highest BCUT2D eigenvalue weighted by Crippen LogP contribution is 2.32. The summed E-state index contributed by atoms with van der Waals surface area (Å²) in [5, 5.41) is 0. The first-order chi connectivity index (χ1) is 8.75. The van der Waals surface area contributed by atoms with Crippen molar-refractivity contribution in [2.75, 3.05) is 13.7 Å². The number of benzene rings is 1. The van der Waals surface area contributed by atoms with E-state index in [9.17, 15) is 13.2 Å². The number of alkyl halides is 3. The molecule has 1 aromatic carbocycles. The molecule has 3 nitrogen and oxygen atoms in total. The summed E-state index contributed by atoms with van der Waals surface area (Å²) in [5.41, 5.74) is 4.67. The normalized spacial score (nSPS) is 13.1. The Kier molecular flexibility index (Phi) is 5.13. The molecule has 0 bridgehead atoms. The van der Waals surface area contributed by atoms with Crippen molar-refractivity contribution in [1.82, 2.24) is 0 Å². The van der Waals surface area contributed by atoms with Crippen LogP contribution in [0.15, 0.2) is 18.2 Å². The van der Waals surface area contributed by atoms with Gasteiger partial charge in [0.05, 0.1) is 17.7 Å². The monoisotopic (exact) mass is 293 g/mol. The minimum absolute atomic E-state index is 0.0628. The lowest BCUT2D eigenvalue weighted by Crippen LogP contribution is -2.21. The molecule has 0 fully saturated rings. The van der Waals surface area contributed by atoms with Crippen LogP contribution in [-0.4, -0.2) is 24.8 Å². The van der Waals surface area contributed by atoms with Gasteiger partial charge in [0.15, 0.2) is 0 Å². The van der Waals surface area contributed by atoms with Crippen molar-refractivity contribution in [1.29, 1.82) is 0 Å². The highest BCUT2D eigenvalue weighted by molar-refractivity contribution is 7.80. The molecular formula is C12H14F3NO2S. The summed E-state index contributed by atoms with van der Waals surface area (Å²) in [4.78, 5) is -0.147. The van der Waals surface area contributed by atoms with Gasteiger partial charge < -0.3 is 15.2 Å². The molecule has 0 aromatic heterocycles. The van der Waals surface area contributed by atoms with Crippen LogP contribution in [0.4, 0.5) is 13.2 Å². The molecule has 0 aliphatic heterocycles. The van der Waals surface area contributed by atoms with E-state index in [1.807, 2.05) is 0 Å². The first-order valence-corrected chi connectivity index (χ1v) is 5.83. The number of halogens is 3. The van der Waals surface area contributed by atoms with Crippen LogP contribution in [0.2, 0.25) is 0 Å². The third-order valence-electron chi connectivity index (χ3n) is 2.30. The highest BCUT2D eigenvalue weighted by atomic mass is 32.1. The second kappa shape index (κ2) is 6.21. The molecule has 2 N–H and O–H groups in total. The Morgan fingerprint density at radius 3 is 2.53 bits per heavy atom. The molecular weight excluding hydrogens is 279 g/mol. The van der Waals surface area contributed by atoms with E-state index in [0.717, 1.165) is 12.1 Å². The van der Waals surface area contributed by atoms with Crippen molar-refractivity contribution in [3.8, 4) is 5.75 Å². The van der Waals surface area contributed by atoms with E-state index in [1.165, 1.54) is 13.2 Å². The van der Waals surface area contributed by atoms with E-state index >= 15 is 0 Å². The summed E-state index contributed by atoms with van der Waals surface area (Å²) in [6.07, 6.45) is -4.77. The van der Waals surface area contributed by atoms with Gasteiger partial charge in [-0.05, 0) is 25.1 Å². The molecule has 0 amide bonds. The molecule has 0 heterocycles. The predicted molar refractivity (Wildman–Crippen MR) is 69.3 cm³/mol. The molecule has 7 heteroatoms. The van der Waals surface area contributed by atoms with Gasteiger partial charge in [0, 0.05) is 7.11 Å². The van der Waals surface area contributed by atoms with E-state index in [1.54, 1.807) is 6.92 Å². The molecule has 1 unspecified atom stereocenters. The molecule has 0 saturated heterocycles. The Labute approximate surface area is 114 Å². The van der Waals surface area contributed by atoms with Gasteiger partial charge in [-0.15, -0.1) is 0 Å². The maximum atomic E-state index is 12.6. The fourth-order valence-electron chi connectivity index (χ4n) is 1.49. The van der Waals surface area contributed by atoms with Gasteiger partial charge in [0.1, 0.15) is 16.8 Å². The van der Waals surface area contributed by atoms with Crippen molar-refractivity contribution in [3.63, 3.8) is 0 Å². The third-order valence-corrected chi connectivity index (χ3v) is 2.52. The van der Waals surface area contributed by atoms with Crippen LogP contribution in [-0.2, 0) is 10.9 Å². The lowest BCUT2D eigenvalue weighted by Gasteiger charge is -2.17. The first kappa shape index (κ1) is 15.7. The van der Waals surface area contributed by atoms with Gasteiger partial charge in [0.25, 0.3) is 0 Å². The van der Waals surface area contributed by atoms with E-state index < -0.39 is 11.7 Å². The standard InChI is InChI=1S/C12H14F3NO2S/c1-7(6-17-2)18-10-4-3-8(12(13,14)15)5-9(10)11(16)19/h3-5,7H,6H2,1-2H3,(H2,16,19). The summed E-state index contributed by atoms with van der Waals surface area (Å²) in [6, 6.07) is 3.03. The lowest BCUT2D eigenvalue weighted by molar-refractivity contribution is -0.137. The van der Waals surface area contributed by atoms with Crippen LogP contribution in [0, 0.1) is 0 Å². The van der Waals surface area contributed by atoms with Crippen LogP contribution < -0.4 is 10.5 Å². The van der Waals surface area contributed by atoms with Crippen LogP contribution in [0.3, 0.4) is 0 Å². The fraction of sp³-hybridized carbons (Fsp3) is 0.417. The molecule has 0 radical (unpaired) electrons. The zero-order valence-electron chi connectivity index (χ0n) is 10.5. The van der Waals surface area contributed by atoms with Crippen molar-refractivity contribution in [2.45, 2.75) is 19.2 Å². The number of thiocarbonyl (C=S) groups is 1. The van der Waals surface area contributed by atoms with E-state index in [2.05, 4.69) is 0 Å². The average molecular weight is 293 g/mol. The summed E-state index contributed by atoms with van der Waals surface area (Å²) >= 11 is 4.75. The van der Waals surface area contributed by atoms with Crippen LogP contribution in [0.1, 0.15) is 18.1 Å². The van der Waals surface area contributed by atoms with Gasteiger partial charge in [-0.2, -0.15) is 13.2 Å². The zero-order chi connectivity index (χ0) is 14.6. The average Bonchev–Trinajstić information content (AvgIpc) is 2.27. The van der Waals surface area contributed by atoms with Crippen molar-refractivity contribution >= 4 is 17.2 Å². The van der Waals surface area contributed by atoms with Gasteiger partial charge in [-0.25, -0.2) is 0 Å². The topological polar surface area (TPSA) is 44.5 Å². The van der Waals surface area contributed by atoms with Gasteiger partial charge in [-0.3, -0.25) is 0 Å². The molecule has 1 aromatic rings. The minimum atomic E-state index is -4.45. The number of hydrogen-bond acceptors (Lipinski definition) is 3. The second-order valence-electron chi connectivity index (χ2n) is 3.96. The van der Waals surface area contributed by atoms with Crippen LogP contribution >= 0.6 is 12.2 Å². The second-order valence-corrected chi connectivity index (χ2v) is 4.40. The molecule has 0 aliphatic rings. The molecule has 19 heavy (non-hydrogen) atoms. The zero-order valence-corrected chi connectivity index (χ0v) is 11.3. The van der Waals surface area contributed by atoms with Gasteiger partial charge >= 0.3 is 6.18 Å². The maximum Gasteiger partial charge on any atom is 0.416 e. The number of nitrogens with two attached hydrogens (primary N) is 1.